The third-order valence-electron chi connectivity index (χ3n) is 2.10. The Morgan fingerprint density at radius 3 is 2.79 bits per heavy atom. The largest absolute Gasteiger partial charge is 0.497 e. The second-order valence-corrected chi connectivity index (χ2v) is 2.95. The zero-order chi connectivity index (χ0) is 9.26. The van der Waals surface area contributed by atoms with Gasteiger partial charge < -0.3 is 15.5 Å². The monoisotopic (exact) mass is 212 g/mol. The van der Waals surface area contributed by atoms with E-state index in [4.69, 9.17) is 10.5 Å². The lowest BCUT2D eigenvalue weighted by atomic mass is 10.2. The first-order chi connectivity index (χ1) is 6.33. The standard InChI is InChI=1S/C10H12N2O.ClH/c1-13-9-2-3-10-7(5-9)4-8(6-11)12-10;/h2-5,12H,6,11H2,1H3;1H. The van der Waals surface area contributed by atoms with Crippen LogP contribution in [0.5, 0.6) is 5.75 Å². The number of H-pyrrole nitrogens is 1. The maximum absolute atomic E-state index is 5.52. The molecule has 3 N–H and O–H groups in total. The van der Waals surface area contributed by atoms with Crippen LogP contribution >= 0.6 is 12.4 Å². The molecule has 0 aliphatic heterocycles. The highest BCUT2D eigenvalue weighted by Crippen LogP contribution is 2.20. The number of hydrogen-bond acceptors (Lipinski definition) is 2. The van der Waals surface area contributed by atoms with Gasteiger partial charge in [0.25, 0.3) is 0 Å². The molecule has 0 aliphatic carbocycles. The molecule has 0 radical (unpaired) electrons. The number of fused-ring (bicyclic) bond motifs is 1. The molecule has 1 aromatic carbocycles. The van der Waals surface area contributed by atoms with Crippen LogP contribution in [0.2, 0.25) is 0 Å². The summed E-state index contributed by atoms with van der Waals surface area (Å²) in [5.74, 6) is 0.870. The fourth-order valence-corrected chi connectivity index (χ4v) is 1.41. The number of nitrogens with one attached hydrogen (secondary N) is 1. The summed E-state index contributed by atoms with van der Waals surface area (Å²) in [4.78, 5) is 3.22. The average molecular weight is 213 g/mol. The molecule has 4 heteroatoms. The molecular formula is C10H13ClN2O. The van der Waals surface area contributed by atoms with Gasteiger partial charge in [-0.2, -0.15) is 0 Å². The van der Waals surface area contributed by atoms with Crippen molar-refractivity contribution in [2.45, 2.75) is 6.54 Å². The lowest BCUT2D eigenvalue weighted by Gasteiger charge is -1.97. The first kappa shape index (κ1) is 10.9. The molecule has 0 amide bonds. The van der Waals surface area contributed by atoms with Crippen molar-refractivity contribution in [3.63, 3.8) is 0 Å². The number of rotatable bonds is 2. The van der Waals surface area contributed by atoms with Gasteiger partial charge in [0.05, 0.1) is 7.11 Å². The molecule has 0 saturated carbocycles. The molecule has 2 rings (SSSR count). The second kappa shape index (κ2) is 4.35. The van der Waals surface area contributed by atoms with Gasteiger partial charge in [-0.25, -0.2) is 0 Å². The summed E-state index contributed by atoms with van der Waals surface area (Å²) in [5, 5.41) is 1.14. The van der Waals surface area contributed by atoms with Crippen LogP contribution in [0.4, 0.5) is 0 Å². The number of halogens is 1. The lowest BCUT2D eigenvalue weighted by Crippen LogP contribution is -1.94. The summed E-state index contributed by atoms with van der Waals surface area (Å²) in [6.45, 7) is 0.539. The maximum atomic E-state index is 5.52. The van der Waals surface area contributed by atoms with Crippen LogP contribution in [0.1, 0.15) is 5.69 Å². The van der Waals surface area contributed by atoms with Crippen LogP contribution < -0.4 is 10.5 Å². The number of aromatic nitrogens is 1. The van der Waals surface area contributed by atoms with Crippen LogP contribution in [-0.4, -0.2) is 12.1 Å². The molecule has 0 saturated heterocycles. The van der Waals surface area contributed by atoms with Gasteiger partial charge in [-0.15, -0.1) is 12.4 Å². The molecule has 0 fully saturated rings. The first-order valence-corrected chi connectivity index (χ1v) is 4.19. The minimum atomic E-state index is 0. The van der Waals surface area contributed by atoms with Gasteiger partial charge in [0, 0.05) is 23.1 Å². The van der Waals surface area contributed by atoms with E-state index in [0.29, 0.717) is 6.54 Å². The smallest absolute Gasteiger partial charge is 0.119 e. The Bertz CT molecular complexity index is 423. The Morgan fingerprint density at radius 2 is 2.14 bits per heavy atom. The normalized spacial score (nSPS) is 9.86. The molecule has 3 nitrogen and oxygen atoms in total. The van der Waals surface area contributed by atoms with Gasteiger partial charge in [-0.1, -0.05) is 0 Å². The van der Waals surface area contributed by atoms with Crippen LogP contribution in [0, 0.1) is 0 Å². The van der Waals surface area contributed by atoms with Gasteiger partial charge in [-0.3, -0.25) is 0 Å². The van der Waals surface area contributed by atoms with Gasteiger partial charge in [0.1, 0.15) is 5.75 Å². The number of benzene rings is 1. The number of hydrogen-bond donors (Lipinski definition) is 2. The highest BCUT2D eigenvalue weighted by Gasteiger charge is 1.99. The van der Waals surface area contributed by atoms with E-state index in [0.717, 1.165) is 22.3 Å². The number of aromatic amines is 1. The van der Waals surface area contributed by atoms with Crippen LogP contribution in [-0.2, 0) is 6.54 Å². The van der Waals surface area contributed by atoms with E-state index in [1.54, 1.807) is 7.11 Å². The Hall–Kier alpha value is -1.19. The van der Waals surface area contributed by atoms with Crippen molar-refractivity contribution >= 4 is 23.3 Å². The minimum absolute atomic E-state index is 0. The summed E-state index contributed by atoms with van der Waals surface area (Å²) >= 11 is 0. The van der Waals surface area contributed by atoms with Crippen molar-refractivity contribution in [2.24, 2.45) is 5.73 Å². The van der Waals surface area contributed by atoms with E-state index in [-0.39, 0.29) is 12.4 Å². The van der Waals surface area contributed by atoms with Crippen molar-refractivity contribution < 1.29 is 4.74 Å². The van der Waals surface area contributed by atoms with E-state index in [1.165, 1.54) is 0 Å². The van der Waals surface area contributed by atoms with E-state index in [1.807, 2.05) is 24.3 Å². The molecule has 14 heavy (non-hydrogen) atoms. The highest BCUT2D eigenvalue weighted by molar-refractivity contribution is 5.85. The van der Waals surface area contributed by atoms with Crippen molar-refractivity contribution in [1.82, 2.24) is 4.98 Å². The highest BCUT2D eigenvalue weighted by atomic mass is 35.5. The molecule has 0 unspecified atom stereocenters. The summed E-state index contributed by atoms with van der Waals surface area (Å²) in [6.07, 6.45) is 0. The Labute approximate surface area is 88.7 Å². The topological polar surface area (TPSA) is 51.0 Å². The molecule has 1 heterocycles. The molecule has 2 aromatic rings. The van der Waals surface area contributed by atoms with Gasteiger partial charge in [0.2, 0.25) is 0 Å². The van der Waals surface area contributed by atoms with Crippen molar-refractivity contribution in [2.75, 3.05) is 7.11 Å². The minimum Gasteiger partial charge on any atom is -0.497 e. The third-order valence-corrected chi connectivity index (χ3v) is 2.10. The van der Waals surface area contributed by atoms with Crippen molar-refractivity contribution in [1.29, 1.82) is 0 Å². The summed E-state index contributed by atoms with van der Waals surface area (Å²) in [6, 6.07) is 7.95. The van der Waals surface area contributed by atoms with Gasteiger partial charge in [-0.05, 0) is 24.3 Å². The second-order valence-electron chi connectivity index (χ2n) is 2.95. The summed E-state index contributed by atoms with van der Waals surface area (Å²) < 4.78 is 5.12. The Kier molecular flexibility index (Phi) is 3.38. The Morgan fingerprint density at radius 1 is 1.36 bits per heavy atom. The molecule has 0 aliphatic rings. The number of ether oxygens (including phenoxy) is 1. The first-order valence-electron chi connectivity index (χ1n) is 4.19. The zero-order valence-corrected chi connectivity index (χ0v) is 8.73. The van der Waals surface area contributed by atoms with Crippen molar-refractivity contribution in [3.8, 4) is 5.75 Å². The van der Waals surface area contributed by atoms with E-state index in [9.17, 15) is 0 Å². The van der Waals surface area contributed by atoms with Crippen LogP contribution in [0.3, 0.4) is 0 Å². The summed E-state index contributed by atoms with van der Waals surface area (Å²) in [7, 11) is 1.66. The predicted molar refractivity (Wildman–Crippen MR) is 60.0 cm³/mol. The van der Waals surface area contributed by atoms with Crippen LogP contribution in [0.25, 0.3) is 10.9 Å². The number of nitrogens with two attached hydrogens (primary N) is 1. The molecule has 76 valence electrons. The number of methoxy groups -OCH3 is 1. The van der Waals surface area contributed by atoms with Gasteiger partial charge >= 0.3 is 0 Å². The van der Waals surface area contributed by atoms with Crippen molar-refractivity contribution in [3.05, 3.63) is 30.0 Å². The SMILES string of the molecule is COc1ccc2[nH]c(CN)cc2c1.Cl. The van der Waals surface area contributed by atoms with E-state index in [2.05, 4.69) is 4.98 Å². The fourth-order valence-electron chi connectivity index (χ4n) is 1.41. The maximum Gasteiger partial charge on any atom is 0.119 e. The average Bonchev–Trinajstić information content (AvgIpc) is 2.58. The quantitative estimate of drug-likeness (QED) is 0.801. The predicted octanol–water partition coefficient (Wildman–Crippen LogP) is 2.06. The molecule has 0 spiro atoms. The van der Waals surface area contributed by atoms with Crippen LogP contribution in [0.15, 0.2) is 24.3 Å². The molecule has 0 atom stereocenters. The molecule has 0 bridgehead atoms. The fraction of sp³-hybridized carbons (Fsp3) is 0.200. The Balaban J connectivity index is 0.000000980. The lowest BCUT2D eigenvalue weighted by molar-refractivity contribution is 0.415. The van der Waals surface area contributed by atoms with Gasteiger partial charge in [0.15, 0.2) is 0 Å². The third kappa shape index (κ3) is 1.84. The molecular weight excluding hydrogens is 200 g/mol. The van der Waals surface area contributed by atoms with E-state index >= 15 is 0 Å². The van der Waals surface area contributed by atoms with E-state index < -0.39 is 0 Å². The molecule has 1 aromatic heterocycles. The zero-order valence-electron chi connectivity index (χ0n) is 7.91. The summed E-state index contributed by atoms with van der Waals surface area (Å²) in [5.41, 5.74) is 7.66.